The topological polar surface area (TPSA) is 94.3 Å². The van der Waals surface area contributed by atoms with Crippen molar-refractivity contribution in [3.8, 4) is 0 Å². The van der Waals surface area contributed by atoms with E-state index in [0.717, 1.165) is 10.8 Å². The summed E-state index contributed by atoms with van der Waals surface area (Å²) in [5.74, 6) is 0. The van der Waals surface area contributed by atoms with Gasteiger partial charge < -0.3 is 16.7 Å². The van der Waals surface area contributed by atoms with Crippen molar-refractivity contribution in [1.29, 1.82) is 0 Å². The Bertz CT molecular complexity index is 837. The second kappa shape index (κ2) is 3.40. The molecule has 5 nitrogen and oxygen atoms in total. The van der Waals surface area contributed by atoms with Gasteiger partial charge in [0.1, 0.15) is 0 Å². The van der Waals surface area contributed by atoms with E-state index in [1.165, 1.54) is 0 Å². The van der Waals surface area contributed by atoms with E-state index in [4.69, 9.17) is 11.5 Å². The van der Waals surface area contributed by atoms with Crippen LogP contribution in [0.5, 0.6) is 0 Å². The predicted octanol–water partition coefficient (Wildman–Crippen LogP) is 1.56. The number of nitrogen functional groups attached to an aromatic ring is 2. The Morgan fingerprint density at radius 3 is 2.22 bits per heavy atom. The van der Waals surface area contributed by atoms with Crippen molar-refractivity contribution >= 4 is 33.1 Å². The van der Waals surface area contributed by atoms with Crippen LogP contribution in [0.1, 0.15) is 0 Å². The van der Waals surface area contributed by atoms with E-state index in [2.05, 4.69) is 0 Å². The fraction of sp³-hybridized carbons (Fsp3) is 0. The fourth-order valence-electron chi connectivity index (χ4n) is 2.15. The molecule has 0 radical (unpaired) electrons. The molecule has 0 unspecified atom stereocenters. The summed E-state index contributed by atoms with van der Waals surface area (Å²) in [6.07, 6.45) is 0. The van der Waals surface area contributed by atoms with Gasteiger partial charge in [-0.2, -0.15) is 0 Å². The van der Waals surface area contributed by atoms with E-state index < -0.39 is 5.56 Å². The van der Waals surface area contributed by atoms with Crippen molar-refractivity contribution in [2.45, 2.75) is 0 Å². The van der Waals surface area contributed by atoms with Crippen LogP contribution in [0, 0.1) is 0 Å². The van der Waals surface area contributed by atoms with Gasteiger partial charge in [0.2, 0.25) is 0 Å². The van der Waals surface area contributed by atoms with Gasteiger partial charge in [-0.1, -0.05) is 12.1 Å². The first-order valence-electron chi connectivity index (χ1n) is 5.40. The van der Waals surface area contributed by atoms with Crippen LogP contribution >= 0.6 is 0 Å². The Morgan fingerprint density at radius 2 is 1.50 bits per heavy atom. The molecule has 0 aliphatic heterocycles. The van der Waals surface area contributed by atoms with Gasteiger partial charge in [-0.15, -0.1) is 4.73 Å². The summed E-state index contributed by atoms with van der Waals surface area (Å²) in [5.41, 5.74) is 12.2. The molecule has 0 bridgehead atoms. The van der Waals surface area contributed by atoms with Crippen molar-refractivity contribution in [2.24, 2.45) is 0 Å². The molecule has 5 N–H and O–H groups in total. The Hall–Kier alpha value is -2.69. The summed E-state index contributed by atoms with van der Waals surface area (Å²) >= 11 is 0. The molecular formula is C13H11N3O2. The maximum atomic E-state index is 12.0. The SMILES string of the molecule is Nc1ccc2c(c1)c(=O)n(O)c1cc(N)ccc21. The first-order chi connectivity index (χ1) is 8.58. The summed E-state index contributed by atoms with van der Waals surface area (Å²) in [4.78, 5) is 12.0. The Labute approximate surface area is 102 Å². The highest BCUT2D eigenvalue weighted by molar-refractivity contribution is 6.06. The Kier molecular flexibility index (Phi) is 1.98. The fourth-order valence-corrected chi connectivity index (χ4v) is 2.15. The van der Waals surface area contributed by atoms with E-state index >= 15 is 0 Å². The van der Waals surface area contributed by atoms with Gasteiger partial charge in [-0.05, 0) is 29.7 Å². The van der Waals surface area contributed by atoms with Crippen molar-refractivity contribution in [1.82, 2.24) is 4.73 Å². The molecule has 90 valence electrons. The molecule has 0 saturated heterocycles. The monoisotopic (exact) mass is 241 g/mol. The lowest BCUT2D eigenvalue weighted by Gasteiger charge is -2.08. The number of nitrogens with two attached hydrogens (primary N) is 2. The highest BCUT2D eigenvalue weighted by Gasteiger charge is 2.10. The van der Waals surface area contributed by atoms with E-state index in [0.29, 0.717) is 27.0 Å². The molecule has 2 aromatic carbocycles. The number of pyridine rings is 1. The van der Waals surface area contributed by atoms with Crippen LogP contribution in [-0.4, -0.2) is 9.94 Å². The average Bonchev–Trinajstić information content (AvgIpc) is 2.36. The minimum Gasteiger partial charge on any atom is -0.425 e. The molecule has 0 amide bonds. The summed E-state index contributed by atoms with van der Waals surface area (Å²) in [6, 6.07) is 10.1. The highest BCUT2D eigenvalue weighted by atomic mass is 16.5. The van der Waals surface area contributed by atoms with Gasteiger partial charge in [0.15, 0.2) is 0 Å². The van der Waals surface area contributed by atoms with Crippen LogP contribution in [0.25, 0.3) is 21.7 Å². The molecule has 1 aromatic heterocycles. The number of fused-ring (bicyclic) bond motifs is 3. The predicted molar refractivity (Wildman–Crippen MR) is 71.7 cm³/mol. The summed E-state index contributed by atoms with van der Waals surface area (Å²) in [7, 11) is 0. The number of aromatic nitrogens is 1. The smallest absolute Gasteiger partial charge is 0.291 e. The molecule has 0 spiro atoms. The number of hydrogen-bond donors (Lipinski definition) is 3. The normalized spacial score (nSPS) is 11.1. The highest BCUT2D eigenvalue weighted by Crippen LogP contribution is 2.25. The third-order valence-corrected chi connectivity index (χ3v) is 3.01. The molecule has 3 rings (SSSR count). The Balaban J connectivity index is 2.66. The lowest BCUT2D eigenvalue weighted by molar-refractivity contribution is 0.190. The third-order valence-electron chi connectivity index (χ3n) is 3.01. The Morgan fingerprint density at radius 1 is 0.889 bits per heavy atom. The van der Waals surface area contributed by atoms with Gasteiger partial charge in [-0.25, -0.2) is 0 Å². The molecule has 0 aliphatic rings. The minimum atomic E-state index is -0.504. The lowest BCUT2D eigenvalue weighted by Crippen LogP contribution is -2.18. The van der Waals surface area contributed by atoms with Crippen molar-refractivity contribution < 1.29 is 5.21 Å². The molecule has 1 heterocycles. The van der Waals surface area contributed by atoms with Gasteiger partial charge in [0.05, 0.1) is 10.9 Å². The summed E-state index contributed by atoms with van der Waals surface area (Å²) in [6.45, 7) is 0. The van der Waals surface area contributed by atoms with Gasteiger partial charge in [0, 0.05) is 16.8 Å². The first kappa shape index (κ1) is 10.5. The first-order valence-corrected chi connectivity index (χ1v) is 5.40. The molecule has 0 atom stereocenters. The second-order valence-electron chi connectivity index (χ2n) is 4.20. The van der Waals surface area contributed by atoms with E-state index in [1.54, 1.807) is 36.4 Å². The average molecular weight is 241 g/mol. The summed E-state index contributed by atoms with van der Waals surface area (Å²) < 4.78 is 0.605. The van der Waals surface area contributed by atoms with Crippen LogP contribution < -0.4 is 17.0 Å². The van der Waals surface area contributed by atoms with Crippen LogP contribution in [0.4, 0.5) is 11.4 Å². The van der Waals surface area contributed by atoms with Crippen molar-refractivity contribution in [2.75, 3.05) is 11.5 Å². The number of nitrogens with zero attached hydrogens (tertiary/aromatic N) is 1. The standard InChI is InChI=1S/C13H11N3O2/c14-7-1-3-9-10-4-2-8(15)6-12(10)16(18)13(17)11(9)5-7/h1-6,18H,14-15H2. The van der Waals surface area contributed by atoms with E-state index in [1.807, 2.05) is 0 Å². The van der Waals surface area contributed by atoms with Crippen molar-refractivity contribution in [3.05, 3.63) is 46.8 Å². The largest absolute Gasteiger partial charge is 0.425 e. The zero-order valence-corrected chi connectivity index (χ0v) is 9.42. The second-order valence-corrected chi connectivity index (χ2v) is 4.20. The number of rotatable bonds is 0. The van der Waals surface area contributed by atoms with Gasteiger partial charge >= 0.3 is 0 Å². The lowest BCUT2D eigenvalue weighted by atomic mass is 10.1. The van der Waals surface area contributed by atoms with E-state index in [9.17, 15) is 10.0 Å². The van der Waals surface area contributed by atoms with Crippen LogP contribution in [0.15, 0.2) is 41.2 Å². The molecule has 0 fully saturated rings. The summed E-state index contributed by atoms with van der Waals surface area (Å²) in [5, 5.41) is 11.8. The molecule has 0 saturated carbocycles. The molecular weight excluding hydrogens is 230 g/mol. The third kappa shape index (κ3) is 1.31. The number of hydrogen-bond acceptors (Lipinski definition) is 4. The molecule has 0 aliphatic carbocycles. The number of anilines is 2. The van der Waals surface area contributed by atoms with Gasteiger partial charge in [0.25, 0.3) is 5.56 Å². The minimum absolute atomic E-state index is 0.384. The van der Waals surface area contributed by atoms with E-state index in [-0.39, 0.29) is 0 Å². The zero-order valence-electron chi connectivity index (χ0n) is 9.42. The van der Waals surface area contributed by atoms with Gasteiger partial charge in [-0.3, -0.25) is 4.79 Å². The van der Waals surface area contributed by atoms with Crippen LogP contribution in [0.2, 0.25) is 0 Å². The molecule has 18 heavy (non-hydrogen) atoms. The zero-order chi connectivity index (χ0) is 12.9. The maximum Gasteiger partial charge on any atom is 0.291 e. The van der Waals surface area contributed by atoms with Crippen LogP contribution in [-0.2, 0) is 0 Å². The maximum absolute atomic E-state index is 12.0. The molecule has 3 aromatic rings. The molecule has 5 heteroatoms. The van der Waals surface area contributed by atoms with Crippen LogP contribution in [0.3, 0.4) is 0 Å². The number of benzene rings is 2. The van der Waals surface area contributed by atoms with Crippen molar-refractivity contribution in [3.63, 3.8) is 0 Å². The quantitative estimate of drug-likeness (QED) is 0.316.